The van der Waals surface area contributed by atoms with E-state index in [-0.39, 0.29) is 18.5 Å². The van der Waals surface area contributed by atoms with Crippen LogP contribution < -0.4 is 10.1 Å². The molecule has 1 unspecified atom stereocenters. The van der Waals surface area contributed by atoms with E-state index >= 15 is 0 Å². The normalized spacial score (nSPS) is 12.2. The van der Waals surface area contributed by atoms with Gasteiger partial charge in [-0.25, -0.2) is 4.39 Å². The lowest BCUT2D eigenvalue weighted by atomic mass is 10.1. The fourth-order valence-electron chi connectivity index (χ4n) is 1.89. The van der Waals surface area contributed by atoms with Crippen LogP contribution in [0.15, 0.2) is 40.9 Å². The van der Waals surface area contributed by atoms with Gasteiger partial charge in [-0.1, -0.05) is 29.8 Å². The monoisotopic (exact) mass is 371 g/mol. The third kappa shape index (κ3) is 3.96. The molecular formula is C16H16BrClFNO. The fraction of sp³-hybridized carbons (Fsp3) is 0.250. The van der Waals surface area contributed by atoms with E-state index in [1.165, 1.54) is 6.07 Å². The molecule has 0 fully saturated rings. The highest BCUT2D eigenvalue weighted by Crippen LogP contribution is 2.29. The van der Waals surface area contributed by atoms with E-state index < -0.39 is 0 Å². The van der Waals surface area contributed by atoms with Gasteiger partial charge >= 0.3 is 0 Å². The average molecular weight is 373 g/mol. The largest absolute Gasteiger partial charge is 0.487 e. The van der Waals surface area contributed by atoms with Gasteiger partial charge in [0.1, 0.15) is 18.2 Å². The third-order valence-corrected chi connectivity index (χ3v) is 4.49. The van der Waals surface area contributed by atoms with E-state index in [4.69, 9.17) is 16.3 Å². The van der Waals surface area contributed by atoms with E-state index in [2.05, 4.69) is 28.2 Å². The van der Waals surface area contributed by atoms with Crippen molar-refractivity contribution < 1.29 is 9.13 Å². The second-order valence-corrected chi connectivity index (χ2v) is 5.90. The maximum absolute atomic E-state index is 13.4. The van der Waals surface area contributed by atoms with E-state index in [1.807, 2.05) is 25.2 Å². The first-order valence-corrected chi connectivity index (χ1v) is 7.72. The molecule has 0 aliphatic carbocycles. The summed E-state index contributed by atoms with van der Waals surface area (Å²) < 4.78 is 19.5. The van der Waals surface area contributed by atoms with E-state index in [9.17, 15) is 4.39 Å². The summed E-state index contributed by atoms with van der Waals surface area (Å²) in [6, 6.07) is 10.7. The maximum Gasteiger partial charge on any atom is 0.138 e. The lowest BCUT2D eigenvalue weighted by Crippen LogP contribution is -2.12. The molecule has 0 saturated heterocycles. The number of hydrogen-bond acceptors (Lipinski definition) is 2. The van der Waals surface area contributed by atoms with Gasteiger partial charge in [-0.2, -0.15) is 0 Å². The molecule has 1 atom stereocenters. The highest BCUT2D eigenvalue weighted by atomic mass is 79.9. The summed E-state index contributed by atoms with van der Waals surface area (Å²) in [7, 11) is 1.89. The Labute approximate surface area is 137 Å². The highest BCUT2D eigenvalue weighted by Gasteiger charge is 2.09. The van der Waals surface area contributed by atoms with Crippen LogP contribution in [-0.4, -0.2) is 7.05 Å². The van der Waals surface area contributed by atoms with Crippen molar-refractivity contribution in [1.82, 2.24) is 5.32 Å². The predicted molar refractivity (Wildman–Crippen MR) is 87.4 cm³/mol. The lowest BCUT2D eigenvalue weighted by Gasteiger charge is -2.14. The van der Waals surface area contributed by atoms with Gasteiger partial charge in [0.15, 0.2) is 0 Å². The van der Waals surface area contributed by atoms with Crippen LogP contribution in [0.1, 0.15) is 24.1 Å². The molecule has 0 aliphatic heterocycles. The first kappa shape index (κ1) is 16.3. The zero-order valence-electron chi connectivity index (χ0n) is 11.8. The Morgan fingerprint density at radius 3 is 2.76 bits per heavy atom. The molecule has 2 aromatic rings. The summed E-state index contributed by atoms with van der Waals surface area (Å²) in [5.74, 6) is 0.278. The quantitative estimate of drug-likeness (QED) is 0.788. The molecule has 0 aliphatic rings. The fourth-order valence-corrected chi connectivity index (χ4v) is 2.51. The van der Waals surface area contributed by atoms with E-state index in [0.29, 0.717) is 15.2 Å². The Kier molecular flexibility index (Phi) is 5.62. The molecule has 1 N–H and O–H groups in total. The summed E-state index contributed by atoms with van der Waals surface area (Å²) in [5, 5.41) is 3.70. The summed E-state index contributed by atoms with van der Waals surface area (Å²) >= 11 is 9.45. The summed E-state index contributed by atoms with van der Waals surface area (Å²) in [5.41, 5.74) is 1.82. The lowest BCUT2D eigenvalue weighted by molar-refractivity contribution is 0.304. The number of ether oxygens (including phenoxy) is 1. The summed E-state index contributed by atoms with van der Waals surface area (Å²) in [6.45, 7) is 2.30. The van der Waals surface area contributed by atoms with Crippen molar-refractivity contribution in [2.24, 2.45) is 0 Å². The molecule has 0 saturated carbocycles. The third-order valence-electron chi connectivity index (χ3n) is 3.30. The Morgan fingerprint density at radius 1 is 1.33 bits per heavy atom. The number of halogens is 3. The van der Waals surface area contributed by atoms with E-state index in [0.717, 1.165) is 11.1 Å². The molecule has 0 radical (unpaired) electrons. The van der Waals surface area contributed by atoms with Crippen molar-refractivity contribution in [3.8, 4) is 5.75 Å². The Hall–Kier alpha value is -1.10. The molecular weight excluding hydrogens is 357 g/mol. The van der Waals surface area contributed by atoms with Gasteiger partial charge in [0.2, 0.25) is 0 Å². The van der Waals surface area contributed by atoms with Crippen molar-refractivity contribution in [2.45, 2.75) is 19.6 Å². The zero-order chi connectivity index (χ0) is 15.4. The van der Waals surface area contributed by atoms with Crippen molar-refractivity contribution in [3.63, 3.8) is 0 Å². The molecule has 0 bridgehead atoms. The standard InChI is InChI=1S/C16H16BrClFNO/c1-10(20-2)11-6-7-15(13(18)8-11)21-9-12-4-3-5-14(19)16(12)17/h3-8,10,20H,9H2,1-2H3. The van der Waals surface area contributed by atoms with E-state index in [1.54, 1.807) is 12.1 Å². The smallest absolute Gasteiger partial charge is 0.138 e. The molecule has 0 amide bonds. The number of benzene rings is 2. The zero-order valence-corrected chi connectivity index (χ0v) is 14.1. The van der Waals surface area contributed by atoms with Crippen molar-refractivity contribution in [2.75, 3.05) is 7.05 Å². The second-order valence-electron chi connectivity index (χ2n) is 4.70. The maximum atomic E-state index is 13.4. The topological polar surface area (TPSA) is 21.3 Å². The van der Waals surface area contributed by atoms with Crippen LogP contribution in [0.4, 0.5) is 4.39 Å². The molecule has 2 aromatic carbocycles. The Bertz CT molecular complexity index is 636. The minimum Gasteiger partial charge on any atom is -0.487 e. The minimum absolute atomic E-state index is 0.217. The molecule has 0 spiro atoms. The van der Waals surface area contributed by atoms with Crippen LogP contribution in [0.2, 0.25) is 5.02 Å². The second kappa shape index (κ2) is 7.25. The Balaban J connectivity index is 2.12. The van der Waals surface area contributed by atoms with Crippen molar-refractivity contribution >= 4 is 27.5 Å². The van der Waals surface area contributed by atoms with Gasteiger partial charge < -0.3 is 10.1 Å². The van der Waals surface area contributed by atoms with Gasteiger partial charge in [0.25, 0.3) is 0 Å². The van der Waals surface area contributed by atoms with Crippen LogP contribution in [0, 0.1) is 5.82 Å². The molecule has 112 valence electrons. The van der Waals surface area contributed by atoms with Crippen LogP contribution in [-0.2, 0) is 6.61 Å². The van der Waals surface area contributed by atoms with Gasteiger partial charge in [0.05, 0.1) is 9.50 Å². The van der Waals surface area contributed by atoms with Gasteiger partial charge in [-0.15, -0.1) is 0 Å². The van der Waals surface area contributed by atoms with Crippen LogP contribution >= 0.6 is 27.5 Å². The molecule has 2 rings (SSSR count). The molecule has 0 aromatic heterocycles. The van der Waals surface area contributed by atoms with Gasteiger partial charge in [-0.3, -0.25) is 0 Å². The molecule has 5 heteroatoms. The number of nitrogens with one attached hydrogen (secondary N) is 1. The van der Waals surface area contributed by atoms with Crippen LogP contribution in [0.3, 0.4) is 0 Å². The van der Waals surface area contributed by atoms with Gasteiger partial charge in [-0.05, 0) is 53.7 Å². The van der Waals surface area contributed by atoms with Gasteiger partial charge in [0, 0.05) is 11.6 Å². The first-order chi connectivity index (χ1) is 10.0. The summed E-state index contributed by atoms with van der Waals surface area (Å²) in [6.07, 6.45) is 0. The first-order valence-electron chi connectivity index (χ1n) is 6.55. The average Bonchev–Trinajstić information content (AvgIpc) is 2.49. The SMILES string of the molecule is CNC(C)c1ccc(OCc2cccc(F)c2Br)c(Cl)c1. The Morgan fingerprint density at radius 2 is 2.10 bits per heavy atom. The number of hydrogen-bond donors (Lipinski definition) is 1. The van der Waals surface area contributed by atoms with Crippen molar-refractivity contribution in [3.05, 3.63) is 62.8 Å². The van der Waals surface area contributed by atoms with Crippen LogP contribution in [0.25, 0.3) is 0 Å². The molecule has 0 heterocycles. The number of rotatable bonds is 5. The predicted octanol–water partition coefficient (Wildman–Crippen LogP) is 5.10. The summed E-state index contributed by atoms with van der Waals surface area (Å²) in [4.78, 5) is 0. The molecule has 21 heavy (non-hydrogen) atoms. The van der Waals surface area contributed by atoms with Crippen molar-refractivity contribution in [1.29, 1.82) is 0 Å². The van der Waals surface area contributed by atoms with Crippen LogP contribution in [0.5, 0.6) is 5.75 Å². The highest BCUT2D eigenvalue weighted by molar-refractivity contribution is 9.10. The minimum atomic E-state index is -0.305. The molecule has 2 nitrogen and oxygen atoms in total.